The number of aliphatic hydroxyl groups is 1. The minimum atomic E-state index is -3.63. The van der Waals surface area contributed by atoms with E-state index in [1.807, 2.05) is 0 Å². The first-order chi connectivity index (χ1) is 8.36. The van der Waals surface area contributed by atoms with E-state index in [0.717, 1.165) is 4.31 Å². The van der Waals surface area contributed by atoms with Gasteiger partial charge in [0.15, 0.2) is 0 Å². The fourth-order valence-corrected chi connectivity index (χ4v) is 3.18. The lowest BCUT2D eigenvalue weighted by atomic mass is 10.4. The lowest BCUT2D eigenvalue weighted by Crippen LogP contribution is -2.28. The average molecular weight is 271 g/mol. The number of aliphatic hydroxyl groups excluding tert-OH is 1. The molecule has 1 N–H and O–H groups in total. The lowest BCUT2D eigenvalue weighted by molar-refractivity contribution is 0.267. The molecule has 0 aliphatic heterocycles. The Morgan fingerprint density at radius 1 is 1.50 bits per heavy atom. The van der Waals surface area contributed by atoms with Crippen LogP contribution in [0.4, 0.5) is 0 Å². The normalized spacial score (nSPS) is 11.8. The summed E-state index contributed by atoms with van der Waals surface area (Å²) in [5.41, 5.74) is 0.912. The number of aromatic nitrogens is 2. The van der Waals surface area contributed by atoms with Crippen molar-refractivity contribution in [3.05, 3.63) is 11.4 Å². The van der Waals surface area contributed by atoms with E-state index in [4.69, 9.17) is 11.5 Å². The highest BCUT2D eigenvalue weighted by atomic mass is 32.2. The molecular formula is C11H17N3O3S. The molecule has 1 aromatic heterocycles. The minimum Gasteiger partial charge on any atom is -0.394 e. The Labute approximate surface area is 107 Å². The molecule has 0 atom stereocenters. The Morgan fingerprint density at radius 2 is 2.11 bits per heavy atom. The molecule has 0 radical (unpaired) electrons. The van der Waals surface area contributed by atoms with Crippen molar-refractivity contribution in [3.63, 3.8) is 0 Å². The van der Waals surface area contributed by atoms with Gasteiger partial charge >= 0.3 is 0 Å². The average Bonchev–Trinajstić information content (AvgIpc) is 2.55. The largest absolute Gasteiger partial charge is 0.394 e. The van der Waals surface area contributed by atoms with Crippen LogP contribution in [0.5, 0.6) is 0 Å². The SMILES string of the molecule is C#CCN(C)S(=O)(=O)c1c(C)nn(CCO)c1C. The number of hydrogen-bond donors (Lipinski definition) is 1. The van der Waals surface area contributed by atoms with Crippen LogP contribution in [0.2, 0.25) is 0 Å². The van der Waals surface area contributed by atoms with Crippen LogP contribution in [0.3, 0.4) is 0 Å². The standard InChI is InChI=1S/C11H17N3O3S/c1-5-6-13(4)18(16,17)11-9(2)12-14(7-8-15)10(11)3/h1,15H,6-8H2,2-4H3. The van der Waals surface area contributed by atoms with Gasteiger partial charge in [0, 0.05) is 7.05 Å². The maximum atomic E-state index is 12.3. The van der Waals surface area contributed by atoms with Crippen LogP contribution in [0.1, 0.15) is 11.4 Å². The maximum Gasteiger partial charge on any atom is 0.247 e. The molecule has 0 spiro atoms. The summed E-state index contributed by atoms with van der Waals surface area (Å²) < 4.78 is 27.2. The number of rotatable bonds is 5. The molecule has 1 rings (SSSR count). The molecule has 0 aromatic carbocycles. The van der Waals surface area contributed by atoms with E-state index >= 15 is 0 Å². The van der Waals surface area contributed by atoms with Crippen molar-refractivity contribution in [2.75, 3.05) is 20.2 Å². The highest BCUT2D eigenvalue weighted by Crippen LogP contribution is 2.22. The highest BCUT2D eigenvalue weighted by molar-refractivity contribution is 7.89. The van der Waals surface area contributed by atoms with Crippen LogP contribution in [0, 0.1) is 26.2 Å². The fourth-order valence-electron chi connectivity index (χ4n) is 1.74. The summed E-state index contributed by atoms with van der Waals surface area (Å²) in [4.78, 5) is 0.161. The summed E-state index contributed by atoms with van der Waals surface area (Å²) in [5, 5.41) is 13.0. The molecule has 0 aliphatic rings. The summed E-state index contributed by atoms with van der Waals surface area (Å²) >= 11 is 0. The molecule has 0 amide bonds. The van der Waals surface area contributed by atoms with Gasteiger partial charge in [-0.3, -0.25) is 4.68 Å². The monoisotopic (exact) mass is 271 g/mol. The van der Waals surface area contributed by atoms with E-state index in [1.165, 1.54) is 11.7 Å². The summed E-state index contributed by atoms with van der Waals surface area (Å²) in [7, 11) is -2.21. The molecule has 0 saturated carbocycles. The summed E-state index contributed by atoms with van der Waals surface area (Å²) in [6.07, 6.45) is 5.12. The van der Waals surface area contributed by atoms with E-state index in [9.17, 15) is 8.42 Å². The Bertz CT molecular complexity index is 569. The zero-order valence-corrected chi connectivity index (χ0v) is 11.5. The summed E-state index contributed by atoms with van der Waals surface area (Å²) in [6.45, 7) is 3.46. The first-order valence-corrected chi connectivity index (χ1v) is 6.85. The van der Waals surface area contributed by atoms with Gasteiger partial charge in [0.25, 0.3) is 0 Å². The van der Waals surface area contributed by atoms with Gasteiger partial charge in [-0.1, -0.05) is 5.92 Å². The number of sulfonamides is 1. The topological polar surface area (TPSA) is 75.4 Å². The molecule has 0 fully saturated rings. The van der Waals surface area contributed by atoms with Crippen molar-refractivity contribution in [1.29, 1.82) is 0 Å². The van der Waals surface area contributed by atoms with Gasteiger partial charge in [-0.05, 0) is 13.8 Å². The van der Waals surface area contributed by atoms with Gasteiger partial charge in [0.2, 0.25) is 10.0 Å². The molecule has 0 bridgehead atoms. The molecule has 6 nitrogen and oxygen atoms in total. The van der Waals surface area contributed by atoms with E-state index in [0.29, 0.717) is 11.4 Å². The summed E-state index contributed by atoms with van der Waals surface area (Å²) in [6, 6.07) is 0. The van der Waals surface area contributed by atoms with Gasteiger partial charge < -0.3 is 5.11 Å². The molecular weight excluding hydrogens is 254 g/mol. The molecule has 0 aliphatic carbocycles. The Morgan fingerprint density at radius 3 is 2.61 bits per heavy atom. The number of aryl methyl sites for hydroxylation is 1. The van der Waals surface area contributed by atoms with Crippen molar-refractivity contribution in [3.8, 4) is 12.3 Å². The third kappa shape index (κ3) is 2.56. The Hall–Kier alpha value is -1.36. The van der Waals surface area contributed by atoms with Crippen LogP contribution in [0.25, 0.3) is 0 Å². The second kappa shape index (κ2) is 5.52. The zero-order valence-electron chi connectivity index (χ0n) is 10.7. The van der Waals surface area contributed by atoms with Crippen molar-refractivity contribution in [2.24, 2.45) is 0 Å². The molecule has 100 valence electrons. The molecule has 0 unspecified atom stereocenters. The van der Waals surface area contributed by atoms with E-state index in [-0.39, 0.29) is 24.6 Å². The predicted octanol–water partition coefficient (Wildman–Crippen LogP) is -0.254. The van der Waals surface area contributed by atoms with Gasteiger partial charge in [0.1, 0.15) is 4.90 Å². The molecule has 0 saturated heterocycles. The van der Waals surface area contributed by atoms with E-state index in [1.54, 1.807) is 13.8 Å². The first-order valence-electron chi connectivity index (χ1n) is 5.41. The van der Waals surface area contributed by atoms with Crippen molar-refractivity contribution in [1.82, 2.24) is 14.1 Å². The van der Waals surface area contributed by atoms with Crippen molar-refractivity contribution >= 4 is 10.0 Å². The third-order valence-electron chi connectivity index (χ3n) is 2.61. The fraction of sp³-hybridized carbons (Fsp3) is 0.545. The van der Waals surface area contributed by atoms with Crippen molar-refractivity contribution < 1.29 is 13.5 Å². The van der Waals surface area contributed by atoms with Gasteiger partial charge in [-0.25, -0.2) is 8.42 Å². The molecule has 1 aromatic rings. The number of terminal acetylenes is 1. The van der Waals surface area contributed by atoms with E-state index in [2.05, 4.69) is 11.0 Å². The third-order valence-corrected chi connectivity index (χ3v) is 4.67. The quantitative estimate of drug-likeness (QED) is 0.749. The summed E-state index contributed by atoms with van der Waals surface area (Å²) in [5.74, 6) is 2.29. The van der Waals surface area contributed by atoms with Crippen LogP contribution < -0.4 is 0 Å². The van der Waals surface area contributed by atoms with Gasteiger partial charge in [-0.15, -0.1) is 6.42 Å². The molecule has 1 heterocycles. The van der Waals surface area contributed by atoms with Crippen LogP contribution in [-0.2, 0) is 16.6 Å². The highest BCUT2D eigenvalue weighted by Gasteiger charge is 2.28. The second-order valence-corrected chi connectivity index (χ2v) is 5.89. The predicted molar refractivity (Wildman–Crippen MR) is 67.4 cm³/mol. The van der Waals surface area contributed by atoms with Crippen LogP contribution >= 0.6 is 0 Å². The molecule has 18 heavy (non-hydrogen) atoms. The van der Waals surface area contributed by atoms with E-state index < -0.39 is 10.0 Å². The smallest absolute Gasteiger partial charge is 0.247 e. The van der Waals surface area contributed by atoms with Gasteiger partial charge in [0.05, 0.1) is 31.1 Å². The minimum absolute atomic E-state index is 0.00634. The first kappa shape index (κ1) is 14.7. The maximum absolute atomic E-state index is 12.3. The number of hydrogen-bond acceptors (Lipinski definition) is 4. The van der Waals surface area contributed by atoms with Crippen LogP contribution in [0.15, 0.2) is 4.90 Å². The Balaban J connectivity index is 3.30. The Kier molecular flexibility index (Phi) is 4.51. The zero-order chi connectivity index (χ0) is 13.9. The lowest BCUT2D eigenvalue weighted by Gasteiger charge is -2.14. The second-order valence-electron chi connectivity index (χ2n) is 3.91. The molecule has 7 heteroatoms. The van der Waals surface area contributed by atoms with Crippen LogP contribution in [-0.4, -0.2) is 47.8 Å². The van der Waals surface area contributed by atoms with Crippen molar-refractivity contribution in [2.45, 2.75) is 25.3 Å². The van der Waals surface area contributed by atoms with Gasteiger partial charge in [-0.2, -0.15) is 9.40 Å². The number of nitrogens with zero attached hydrogens (tertiary/aromatic N) is 3.